The molecule has 0 aliphatic carbocycles. The highest BCUT2D eigenvalue weighted by Crippen LogP contribution is 2.13. The number of nitrogens with one attached hydrogen (secondary N) is 2. The molecule has 1 amide bonds. The molecule has 2 aromatic carbocycles. The summed E-state index contributed by atoms with van der Waals surface area (Å²) in [6, 6.07) is 15.8. The van der Waals surface area contributed by atoms with Crippen LogP contribution < -0.4 is 15.4 Å². The number of carbonyl (C=O) groups is 1. The monoisotopic (exact) mass is 524 g/mol. The summed E-state index contributed by atoms with van der Waals surface area (Å²) in [6.45, 7) is 5.43. The maximum Gasteiger partial charge on any atom is 0.253 e. The number of aryl methyl sites for hydroxylation is 1. The Morgan fingerprint density at radius 2 is 1.87 bits per heavy atom. The largest absolute Gasteiger partial charge is 0.489 e. The molecule has 0 aliphatic rings. The van der Waals surface area contributed by atoms with Crippen LogP contribution in [0.4, 0.5) is 0 Å². The number of aliphatic imine (C=N–C) groups is 1. The van der Waals surface area contributed by atoms with Crippen LogP contribution >= 0.6 is 24.0 Å². The SMILES string of the molecule is CN=C(NCCc1cccc(C(=O)N(C)C)c1)NCC(C)Oc1cccc(C)c1.I. The third-order valence-electron chi connectivity index (χ3n) is 4.39. The summed E-state index contributed by atoms with van der Waals surface area (Å²) in [4.78, 5) is 17.9. The summed E-state index contributed by atoms with van der Waals surface area (Å²) in [5, 5.41) is 6.59. The Bertz CT molecular complexity index is 839. The molecule has 0 heterocycles. The Kier molecular flexibility index (Phi) is 11.2. The Morgan fingerprint density at radius 1 is 1.13 bits per heavy atom. The van der Waals surface area contributed by atoms with Crippen molar-refractivity contribution in [3.63, 3.8) is 0 Å². The minimum atomic E-state index is 0. The lowest BCUT2D eigenvalue weighted by Gasteiger charge is -2.18. The first kappa shape index (κ1) is 25.7. The Labute approximate surface area is 197 Å². The molecule has 2 N–H and O–H groups in total. The van der Waals surface area contributed by atoms with Gasteiger partial charge in [-0.05, 0) is 55.7 Å². The normalized spacial score (nSPS) is 11.8. The smallest absolute Gasteiger partial charge is 0.253 e. The molecule has 1 unspecified atom stereocenters. The number of halogens is 1. The molecule has 0 bridgehead atoms. The van der Waals surface area contributed by atoms with E-state index in [1.54, 1.807) is 26.0 Å². The lowest BCUT2D eigenvalue weighted by molar-refractivity contribution is 0.0827. The van der Waals surface area contributed by atoms with Crippen LogP contribution in [-0.4, -0.2) is 57.1 Å². The molecule has 0 radical (unpaired) electrons. The lowest BCUT2D eigenvalue weighted by atomic mass is 10.1. The standard InChI is InChI=1S/C23H32N4O2.HI/c1-17-8-6-11-21(14-17)29-18(2)16-26-23(24-3)25-13-12-19-9-7-10-20(15-19)22(28)27(4)5;/h6-11,14-15,18H,12-13,16H2,1-5H3,(H2,24,25,26);1H. The first-order valence-electron chi connectivity index (χ1n) is 9.87. The zero-order chi connectivity index (χ0) is 21.2. The summed E-state index contributed by atoms with van der Waals surface area (Å²) in [7, 11) is 5.27. The van der Waals surface area contributed by atoms with E-state index in [9.17, 15) is 4.79 Å². The predicted octanol–water partition coefficient (Wildman–Crippen LogP) is 3.49. The van der Waals surface area contributed by atoms with E-state index < -0.39 is 0 Å². The Morgan fingerprint density at radius 3 is 2.53 bits per heavy atom. The molecule has 1 atom stereocenters. The van der Waals surface area contributed by atoms with Gasteiger partial charge in [0.25, 0.3) is 5.91 Å². The molecule has 0 spiro atoms. The topological polar surface area (TPSA) is 66.0 Å². The van der Waals surface area contributed by atoms with Gasteiger partial charge >= 0.3 is 0 Å². The van der Waals surface area contributed by atoms with E-state index in [1.165, 1.54) is 5.56 Å². The van der Waals surface area contributed by atoms with Crippen LogP contribution in [0.5, 0.6) is 5.75 Å². The highest BCUT2D eigenvalue weighted by molar-refractivity contribution is 14.0. The lowest BCUT2D eigenvalue weighted by Crippen LogP contribution is -2.42. The molecule has 6 nitrogen and oxygen atoms in total. The highest BCUT2D eigenvalue weighted by atomic mass is 127. The van der Waals surface area contributed by atoms with Gasteiger partial charge in [0.05, 0.1) is 6.54 Å². The molecule has 0 saturated carbocycles. The van der Waals surface area contributed by atoms with Gasteiger partial charge < -0.3 is 20.3 Å². The first-order chi connectivity index (χ1) is 13.9. The van der Waals surface area contributed by atoms with Crippen LogP contribution in [0.15, 0.2) is 53.5 Å². The van der Waals surface area contributed by atoms with E-state index in [2.05, 4.69) is 15.6 Å². The number of hydrogen-bond acceptors (Lipinski definition) is 3. The highest BCUT2D eigenvalue weighted by Gasteiger charge is 2.09. The second kappa shape index (κ2) is 13.1. The van der Waals surface area contributed by atoms with Crippen molar-refractivity contribution in [3.05, 3.63) is 65.2 Å². The molecule has 30 heavy (non-hydrogen) atoms. The van der Waals surface area contributed by atoms with Gasteiger partial charge in [-0.1, -0.05) is 24.3 Å². The van der Waals surface area contributed by atoms with E-state index in [-0.39, 0.29) is 36.0 Å². The van der Waals surface area contributed by atoms with Crippen LogP contribution in [0.1, 0.15) is 28.4 Å². The second-order valence-electron chi connectivity index (χ2n) is 7.27. The fourth-order valence-corrected chi connectivity index (χ4v) is 2.87. The summed E-state index contributed by atoms with van der Waals surface area (Å²) in [5.74, 6) is 1.61. The van der Waals surface area contributed by atoms with E-state index in [4.69, 9.17) is 4.74 Å². The third kappa shape index (κ3) is 8.61. The van der Waals surface area contributed by atoms with Gasteiger partial charge in [0, 0.05) is 33.3 Å². The summed E-state index contributed by atoms with van der Waals surface area (Å²) < 4.78 is 5.94. The van der Waals surface area contributed by atoms with Gasteiger partial charge in [-0.2, -0.15) is 0 Å². The fraction of sp³-hybridized carbons (Fsp3) is 0.391. The summed E-state index contributed by atoms with van der Waals surface area (Å²) in [5.41, 5.74) is 2.99. The number of amides is 1. The fourth-order valence-electron chi connectivity index (χ4n) is 2.87. The number of rotatable bonds is 8. The van der Waals surface area contributed by atoms with Gasteiger partial charge in [-0.25, -0.2) is 0 Å². The van der Waals surface area contributed by atoms with E-state index in [1.807, 2.05) is 62.4 Å². The molecular formula is C23H33IN4O2. The molecule has 2 rings (SSSR count). The molecule has 2 aromatic rings. The van der Waals surface area contributed by atoms with Crippen molar-refractivity contribution in [3.8, 4) is 5.75 Å². The van der Waals surface area contributed by atoms with Crippen molar-refractivity contribution in [1.29, 1.82) is 0 Å². The average Bonchev–Trinajstić information content (AvgIpc) is 2.70. The van der Waals surface area contributed by atoms with Crippen LogP contribution in [0.2, 0.25) is 0 Å². The van der Waals surface area contributed by atoms with Gasteiger partial charge in [0.2, 0.25) is 0 Å². The van der Waals surface area contributed by atoms with Crippen molar-refractivity contribution in [2.75, 3.05) is 34.2 Å². The molecule has 0 fully saturated rings. The molecular weight excluding hydrogens is 491 g/mol. The average molecular weight is 524 g/mol. The summed E-state index contributed by atoms with van der Waals surface area (Å²) >= 11 is 0. The number of guanidine groups is 1. The predicted molar refractivity (Wildman–Crippen MR) is 134 cm³/mol. The minimum absolute atomic E-state index is 0. The Balaban J connectivity index is 0.00000450. The zero-order valence-corrected chi connectivity index (χ0v) is 20.8. The molecule has 0 aromatic heterocycles. The van der Waals surface area contributed by atoms with Gasteiger partial charge in [0.1, 0.15) is 11.9 Å². The maximum absolute atomic E-state index is 12.1. The van der Waals surface area contributed by atoms with Crippen molar-refractivity contribution in [2.24, 2.45) is 4.99 Å². The van der Waals surface area contributed by atoms with Crippen molar-refractivity contribution < 1.29 is 9.53 Å². The number of carbonyl (C=O) groups excluding carboxylic acids is 1. The number of benzene rings is 2. The Hall–Kier alpha value is -2.29. The van der Waals surface area contributed by atoms with Crippen molar-refractivity contribution in [1.82, 2.24) is 15.5 Å². The van der Waals surface area contributed by atoms with Gasteiger partial charge in [-0.3, -0.25) is 9.79 Å². The molecule has 7 heteroatoms. The molecule has 0 aliphatic heterocycles. The van der Waals surface area contributed by atoms with E-state index >= 15 is 0 Å². The van der Waals surface area contributed by atoms with E-state index in [0.717, 1.165) is 23.7 Å². The number of hydrogen-bond donors (Lipinski definition) is 2. The quantitative estimate of drug-likeness (QED) is 0.315. The number of ether oxygens (including phenoxy) is 1. The van der Waals surface area contributed by atoms with Crippen LogP contribution in [0.3, 0.4) is 0 Å². The molecule has 164 valence electrons. The van der Waals surface area contributed by atoms with Crippen molar-refractivity contribution in [2.45, 2.75) is 26.4 Å². The first-order valence-corrected chi connectivity index (χ1v) is 9.87. The van der Waals surface area contributed by atoms with Crippen LogP contribution in [0.25, 0.3) is 0 Å². The molecule has 0 saturated heterocycles. The van der Waals surface area contributed by atoms with Crippen LogP contribution in [0, 0.1) is 6.92 Å². The van der Waals surface area contributed by atoms with Gasteiger partial charge in [0.15, 0.2) is 5.96 Å². The maximum atomic E-state index is 12.1. The summed E-state index contributed by atoms with van der Waals surface area (Å²) in [6.07, 6.45) is 0.800. The van der Waals surface area contributed by atoms with Crippen LogP contribution in [-0.2, 0) is 6.42 Å². The van der Waals surface area contributed by atoms with E-state index in [0.29, 0.717) is 18.7 Å². The van der Waals surface area contributed by atoms with Crippen molar-refractivity contribution >= 4 is 35.8 Å². The third-order valence-corrected chi connectivity index (χ3v) is 4.39. The second-order valence-corrected chi connectivity index (χ2v) is 7.27. The van der Waals surface area contributed by atoms with Gasteiger partial charge in [-0.15, -0.1) is 24.0 Å². The zero-order valence-electron chi connectivity index (χ0n) is 18.4. The number of nitrogens with zero attached hydrogens (tertiary/aromatic N) is 2. The minimum Gasteiger partial charge on any atom is -0.489 e.